The van der Waals surface area contributed by atoms with Gasteiger partial charge in [-0.25, -0.2) is 0 Å². The molecule has 1 aliphatic rings. The minimum absolute atomic E-state index is 0.00312. The molecule has 1 N–H and O–H groups in total. The summed E-state index contributed by atoms with van der Waals surface area (Å²) in [4.78, 5) is 37.9. The summed E-state index contributed by atoms with van der Waals surface area (Å²) in [6.07, 6.45) is 0.0167. The SMILES string of the molecule is COc1ccc(Cl)cc1NC(=O)CCC(=O)c1ccc2c(c1)N(C)C(=O)CO2. The number of amides is 2. The summed E-state index contributed by atoms with van der Waals surface area (Å²) in [5.74, 6) is 0.299. The third-order valence-corrected chi connectivity index (χ3v) is 4.62. The number of halogens is 1. The molecule has 8 heteroatoms. The van der Waals surface area contributed by atoms with Crippen molar-refractivity contribution in [1.82, 2.24) is 0 Å². The number of benzene rings is 2. The molecule has 0 atom stereocenters. The van der Waals surface area contributed by atoms with Crippen molar-refractivity contribution >= 4 is 40.6 Å². The molecule has 146 valence electrons. The van der Waals surface area contributed by atoms with Gasteiger partial charge in [0.2, 0.25) is 5.91 Å². The van der Waals surface area contributed by atoms with E-state index in [1.165, 1.54) is 12.0 Å². The maximum Gasteiger partial charge on any atom is 0.264 e. The zero-order chi connectivity index (χ0) is 20.3. The summed E-state index contributed by atoms with van der Waals surface area (Å²) < 4.78 is 10.5. The van der Waals surface area contributed by atoms with Crippen molar-refractivity contribution in [3.8, 4) is 11.5 Å². The largest absolute Gasteiger partial charge is 0.495 e. The van der Waals surface area contributed by atoms with Crippen molar-refractivity contribution in [3.05, 3.63) is 47.0 Å². The van der Waals surface area contributed by atoms with Crippen LogP contribution in [0.5, 0.6) is 11.5 Å². The van der Waals surface area contributed by atoms with E-state index >= 15 is 0 Å². The number of fused-ring (bicyclic) bond motifs is 1. The van der Waals surface area contributed by atoms with Crippen LogP contribution in [0.2, 0.25) is 5.02 Å². The number of hydrogen-bond donors (Lipinski definition) is 1. The van der Waals surface area contributed by atoms with Crippen LogP contribution in [0.15, 0.2) is 36.4 Å². The number of anilines is 2. The van der Waals surface area contributed by atoms with Gasteiger partial charge in [0, 0.05) is 30.5 Å². The number of nitrogens with one attached hydrogen (secondary N) is 1. The van der Waals surface area contributed by atoms with Gasteiger partial charge in [-0.1, -0.05) is 11.6 Å². The third-order valence-electron chi connectivity index (χ3n) is 4.38. The quantitative estimate of drug-likeness (QED) is 0.749. The number of carbonyl (C=O) groups is 3. The Bertz CT molecular complexity index is 944. The highest BCUT2D eigenvalue weighted by molar-refractivity contribution is 6.31. The van der Waals surface area contributed by atoms with Crippen LogP contribution < -0.4 is 19.7 Å². The lowest BCUT2D eigenvalue weighted by atomic mass is 10.0. The Morgan fingerprint density at radius 1 is 1.21 bits per heavy atom. The maximum atomic E-state index is 12.5. The normalized spacial score (nSPS) is 12.8. The molecule has 0 spiro atoms. The number of hydrogen-bond acceptors (Lipinski definition) is 5. The fourth-order valence-corrected chi connectivity index (χ4v) is 2.98. The van der Waals surface area contributed by atoms with Crippen molar-refractivity contribution in [2.24, 2.45) is 0 Å². The Labute approximate surface area is 167 Å². The minimum Gasteiger partial charge on any atom is -0.495 e. The van der Waals surface area contributed by atoms with Gasteiger partial charge in [-0.3, -0.25) is 14.4 Å². The second-order valence-electron chi connectivity index (χ2n) is 6.24. The summed E-state index contributed by atoms with van der Waals surface area (Å²) in [5.41, 5.74) is 1.39. The number of ketones is 1. The molecule has 2 amide bonds. The highest BCUT2D eigenvalue weighted by atomic mass is 35.5. The monoisotopic (exact) mass is 402 g/mol. The van der Waals surface area contributed by atoms with Crippen LogP contribution in [0.1, 0.15) is 23.2 Å². The Morgan fingerprint density at radius 2 is 2.00 bits per heavy atom. The first-order valence-electron chi connectivity index (χ1n) is 8.59. The number of methoxy groups -OCH3 is 1. The van der Waals surface area contributed by atoms with Crippen molar-refractivity contribution in [1.29, 1.82) is 0 Å². The fourth-order valence-electron chi connectivity index (χ4n) is 2.81. The summed E-state index contributed by atoms with van der Waals surface area (Å²) >= 11 is 5.95. The topological polar surface area (TPSA) is 84.9 Å². The zero-order valence-corrected chi connectivity index (χ0v) is 16.2. The van der Waals surface area contributed by atoms with Gasteiger partial charge in [0.1, 0.15) is 11.5 Å². The van der Waals surface area contributed by atoms with Crippen molar-refractivity contribution in [2.45, 2.75) is 12.8 Å². The summed E-state index contributed by atoms with van der Waals surface area (Å²) in [7, 11) is 3.12. The van der Waals surface area contributed by atoms with Gasteiger partial charge < -0.3 is 19.7 Å². The highest BCUT2D eigenvalue weighted by Crippen LogP contribution is 2.32. The van der Waals surface area contributed by atoms with Gasteiger partial charge in [-0.15, -0.1) is 0 Å². The third kappa shape index (κ3) is 4.26. The van der Waals surface area contributed by atoms with E-state index in [4.69, 9.17) is 21.1 Å². The summed E-state index contributed by atoms with van der Waals surface area (Å²) in [6, 6.07) is 9.77. The molecule has 0 bridgehead atoms. The second-order valence-corrected chi connectivity index (χ2v) is 6.68. The molecule has 2 aromatic carbocycles. The molecule has 0 radical (unpaired) electrons. The molecular formula is C20H19ClN2O5. The van der Waals surface area contributed by atoms with Crippen LogP contribution >= 0.6 is 11.6 Å². The average molecular weight is 403 g/mol. The molecule has 28 heavy (non-hydrogen) atoms. The lowest BCUT2D eigenvalue weighted by Crippen LogP contribution is -2.35. The number of rotatable bonds is 6. The van der Waals surface area contributed by atoms with Crippen LogP contribution in [-0.4, -0.2) is 38.4 Å². The van der Waals surface area contributed by atoms with Crippen molar-refractivity contribution in [2.75, 3.05) is 31.0 Å². The Morgan fingerprint density at radius 3 is 2.75 bits per heavy atom. The molecular weight excluding hydrogens is 384 g/mol. The molecule has 0 aliphatic carbocycles. The van der Waals surface area contributed by atoms with E-state index in [1.807, 2.05) is 0 Å². The molecule has 0 saturated carbocycles. The van der Waals surface area contributed by atoms with Crippen LogP contribution in [-0.2, 0) is 9.59 Å². The number of nitrogens with zero attached hydrogens (tertiary/aromatic N) is 1. The molecule has 1 heterocycles. The first-order chi connectivity index (χ1) is 13.4. The van der Waals surface area contributed by atoms with Crippen molar-refractivity contribution < 1.29 is 23.9 Å². The minimum atomic E-state index is -0.331. The number of Topliss-reactive ketones (excluding diaryl/α,β-unsaturated/α-hetero) is 1. The van der Waals surface area contributed by atoms with Crippen LogP contribution in [0.4, 0.5) is 11.4 Å². The maximum absolute atomic E-state index is 12.5. The predicted octanol–water partition coefficient (Wildman–Crippen LogP) is 3.31. The molecule has 0 aromatic heterocycles. The smallest absolute Gasteiger partial charge is 0.264 e. The fraction of sp³-hybridized carbons (Fsp3) is 0.250. The lowest BCUT2D eigenvalue weighted by molar-refractivity contribution is -0.121. The van der Waals surface area contributed by atoms with E-state index in [0.29, 0.717) is 33.5 Å². The first-order valence-corrected chi connectivity index (χ1v) is 8.97. The van der Waals surface area contributed by atoms with Crippen molar-refractivity contribution in [3.63, 3.8) is 0 Å². The average Bonchev–Trinajstić information content (AvgIpc) is 2.69. The van der Waals surface area contributed by atoms with Gasteiger partial charge in [0.25, 0.3) is 5.91 Å². The second kappa shape index (κ2) is 8.31. The predicted molar refractivity (Wildman–Crippen MR) is 106 cm³/mol. The Balaban J connectivity index is 1.64. The van der Waals surface area contributed by atoms with E-state index in [2.05, 4.69) is 5.32 Å². The van der Waals surface area contributed by atoms with E-state index in [-0.39, 0.29) is 37.0 Å². The van der Waals surface area contributed by atoms with Gasteiger partial charge in [0.15, 0.2) is 12.4 Å². The molecule has 0 saturated heterocycles. The first kappa shape index (κ1) is 19.7. The standard InChI is InChI=1S/C20H19ClN2O5/c1-23-15-9-12(3-6-18(15)28-11-20(23)26)16(24)5-8-19(25)22-14-10-13(21)4-7-17(14)27-2/h3-4,6-7,9-10H,5,8,11H2,1-2H3,(H,22,25). The van der Waals surface area contributed by atoms with Gasteiger partial charge in [0.05, 0.1) is 18.5 Å². The van der Waals surface area contributed by atoms with Crippen LogP contribution in [0, 0.1) is 0 Å². The molecule has 2 aromatic rings. The Hall–Kier alpha value is -3.06. The Kier molecular flexibility index (Phi) is 5.84. The zero-order valence-electron chi connectivity index (χ0n) is 15.5. The van der Waals surface area contributed by atoms with E-state index in [0.717, 1.165) is 0 Å². The van der Waals surface area contributed by atoms with Crippen LogP contribution in [0.25, 0.3) is 0 Å². The molecule has 0 unspecified atom stereocenters. The van der Waals surface area contributed by atoms with E-state index < -0.39 is 0 Å². The lowest BCUT2D eigenvalue weighted by Gasteiger charge is -2.26. The van der Waals surface area contributed by atoms with E-state index in [9.17, 15) is 14.4 Å². The van der Waals surface area contributed by atoms with E-state index in [1.54, 1.807) is 43.4 Å². The summed E-state index contributed by atoms with van der Waals surface area (Å²) in [5, 5.41) is 3.16. The molecule has 1 aliphatic heterocycles. The number of likely N-dealkylation sites (N-methyl/N-ethyl adjacent to an activating group) is 1. The van der Waals surface area contributed by atoms with Gasteiger partial charge in [-0.05, 0) is 36.4 Å². The highest BCUT2D eigenvalue weighted by Gasteiger charge is 2.23. The molecule has 7 nitrogen and oxygen atoms in total. The molecule has 0 fully saturated rings. The molecule has 3 rings (SSSR count). The number of ether oxygens (including phenoxy) is 2. The van der Waals surface area contributed by atoms with Crippen LogP contribution in [0.3, 0.4) is 0 Å². The summed E-state index contributed by atoms with van der Waals surface area (Å²) in [6.45, 7) is -0.0239. The number of carbonyl (C=O) groups excluding carboxylic acids is 3. The van der Waals surface area contributed by atoms with Gasteiger partial charge in [-0.2, -0.15) is 0 Å². The van der Waals surface area contributed by atoms with Gasteiger partial charge >= 0.3 is 0 Å².